The molecule has 1 amide bonds. The number of ether oxygens (including phenoxy) is 3. The van der Waals surface area contributed by atoms with Crippen molar-refractivity contribution >= 4 is 11.6 Å². The van der Waals surface area contributed by atoms with Gasteiger partial charge >= 0.3 is 0 Å². The van der Waals surface area contributed by atoms with Crippen LogP contribution in [-0.2, 0) is 4.74 Å². The number of amides is 1. The lowest BCUT2D eigenvalue weighted by atomic mass is 10.2. The largest absolute Gasteiger partial charge is 0.474 e. The Bertz CT molecular complexity index is 867. The highest BCUT2D eigenvalue weighted by Crippen LogP contribution is 2.23. The van der Waals surface area contributed by atoms with E-state index in [1.165, 1.54) is 0 Å². The summed E-state index contributed by atoms with van der Waals surface area (Å²) in [5.41, 5.74) is 1.00. The number of pyridine rings is 1. The van der Waals surface area contributed by atoms with Crippen LogP contribution in [0.4, 0.5) is 5.69 Å². The molecule has 1 heterocycles. The first-order chi connectivity index (χ1) is 13.3. The number of methoxy groups -OCH3 is 1. The predicted octanol–water partition coefficient (Wildman–Crippen LogP) is 4.15. The predicted molar refractivity (Wildman–Crippen MR) is 103 cm³/mol. The summed E-state index contributed by atoms with van der Waals surface area (Å²) in [6, 6.07) is 19.8. The van der Waals surface area contributed by atoms with Crippen LogP contribution in [0.2, 0.25) is 0 Å². The minimum Gasteiger partial charge on any atom is -0.474 e. The second-order valence-corrected chi connectivity index (χ2v) is 5.59. The van der Waals surface area contributed by atoms with Crippen molar-refractivity contribution in [2.45, 2.75) is 0 Å². The first-order valence-electron chi connectivity index (χ1n) is 8.47. The molecule has 3 rings (SSSR count). The number of benzene rings is 2. The fourth-order valence-electron chi connectivity index (χ4n) is 2.32. The van der Waals surface area contributed by atoms with E-state index in [4.69, 9.17) is 14.2 Å². The van der Waals surface area contributed by atoms with Crippen molar-refractivity contribution in [3.05, 3.63) is 78.5 Å². The second-order valence-electron chi connectivity index (χ2n) is 5.59. The third kappa shape index (κ3) is 5.29. The molecule has 6 nitrogen and oxygen atoms in total. The number of hydrogen-bond donors (Lipinski definition) is 1. The van der Waals surface area contributed by atoms with Gasteiger partial charge in [0.05, 0.1) is 6.61 Å². The fourth-order valence-corrected chi connectivity index (χ4v) is 2.32. The molecule has 0 radical (unpaired) electrons. The number of anilines is 1. The maximum atomic E-state index is 12.5. The molecule has 0 aliphatic rings. The summed E-state index contributed by atoms with van der Waals surface area (Å²) in [4.78, 5) is 16.7. The van der Waals surface area contributed by atoms with Gasteiger partial charge in [-0.15, -0.1) is 0 Å². The number of hydrogen-bond acceptors (Lipinski definition) is 5. The summed E-state index contributed by atoms with van der Waals surface area (Å²) >= 11 is 0. The van der Waals surface area contributed by atoms with Crippen LogP contribution in [-0.4, -0.2) is 31.2 Å². The highest BCUT2D eigenvalue weighted by Gasteiger charge is 2.11. The molecule has 138 valence electrons. The fraction of sp³-hybridized carbons (Fsp3) is 0.143. The van der Waals surface area contributed by atoms with E-state index in [0.29, 0.717) is 36.1 Å². The summed E-state index contributed by atoms with van der Waals surface area (Å²) in [5, 5.41) is 2.81. The van der Waals surface area contributed by atoms with Gasteiger partial charge in [0.15, 0.2) is 0 Å². The molecule has 1 aromatic heterocycles. The van der Waals surface area contributed by atoms with Crippen LogP contribution in [0.25, 0.3) is 0 Å². The second kappa shape index (κ2) is 9.35. The van der Waals surface area contributed by atoms with Crippen LogP contribution in [0.1, 0.15) is 10.4 Å². The Morgan fingerprint density at radius 3 is 2.41 bits per heavy atom. The number of aromatic nitrogens is 1. The Morgan fingerprint density at radius 1 is 0.926 bits per heavy atom. The van der Waals surface area contributed by atoms with Crippen molar-refractivity contribution in [2.24, 2.45) is 0 Å². The Balaban J connectivity index is 1.64. The summed E-state index contributed by atoms with van der Waals surface area (Å²) in [5.74, 6) is 1.49. The Labute approximate surface area is 157 Å². The molecule has 0 aliphatic heterocycles. The number of nitrogens with one attached hydrogen (secondary N) is 1. The van der Waals surface area contributed by atoms with Crippen LogP contribution >= 0.6 is 0 Å². The van der Waals surface area contributed by atoms with Gasteiger partial charge in [0.25, 0.3) is 5.91 Å². The number of carbonyl (C=O) groups excluding carboxylic acids is 1. The lowest BCUT2D eigenvalue weighted by molar-refractivity contribution is 0.102. The zero-order chi connectivity index (χ0) is 18.9. The molecule has 0 atom stereocenters. The van der Waals surface area contributed by atoms with Crippen LogP contribution in [0.3, 0.4) is 0 Å². The van der Waals surface area contributed by atoms with E-state index in [0.717, 1.165) is 5.75 Å². The average molecular weight is 364 g/mol. The summed E-state index contributed by atoms with van der Waals surface area (Å²) < 4.78 is 16.2. The molecule has 6 heteroatoms. The summed E-state index contributed by atoms with van der Waals surface area (Å²) in [6.07, 6.45) is 1.60. The van der Waals surface area contributed by atoms with E-state index in [1.807, 2.05) is 30.3 Å². The van der Waals surface area contributed by atoms with Gasteiger partial charge in [-0.25, -0.2) is 4.98 Å². The molecule has 2 aromatic carbocycles. The molecule has 1 N–H and O–H groups in total. The zero-order valence-electron chi connectivity index (χ0n) is 14.9. The molecular formula is C21H20N2O4. The third-order valence-electron chi connectivity index (χ3n) is 3.64. The van der Waals surface area contributed by atoms with Gasteiger partial charge in [0.2, 0.25) is 5.88 Å². The molecule has 0 aliphatic carbocycles. The van der Waals surface area contributed by atoms with Gasteiger partial charge < -0.3 is 19.5 Å². The highest BCUT2D eigenvalue weighted by atomic mass is 16.5. The van der Waals surface area contributed by atoms with E-state index >= 15 is 0 Å². The maximum absolute atomic E-state index is 12.5. The first kappa shape index (κ1) is 18.4. The van der Waals surface area contributed by atoms with Gasteiger partial charge in [0, 0.05) is 18.9 Å². The molecule has 0 unspecified atom stereocenters. The minimum absolute atomic E-state index is 0.258. The van der Waals surface area contributed by atoms with Gasteiger partial charge in [-0.2, -0.15) is 0 Å². The summed E-state index contributed by atoms with van der Waals surface area (Å²) in [6.45, 7) is 0.786. The molecular weight excluding hydrogens is 344 g/mol. The molecule has 0 bridgehead atoms. The summed E-state index contributed by atoms with van der Waals surface area (Å²) in [7, 11) is 1.59. The molecule has 0 spiro atoms. The molecule has 3 aromatic rings. The van der Waals surface area contributed by atoms with Crippen molar-refractivity contribution in [1.29, 1.82) is 0 Å². The number of rotatable bonds is 8. The molecule has 0 saturated carbocycles. The van der Waals surface area contributed by atoms with Gasteiger partial charge in [-0.05, 0) is 48.5 Å². The lowest BCUT2D eigenvalue weighted by Gasteiger charge is -2.11. The standard InChI is InChI=1S/C21H20N2O4/c1-25-14-15-26-21-19(8-5-13-22-21)23-20(24)16-9-11-18(12-10-16)27-17-6-3-2-4-7-17/h2-13H,14-15H2,1H3,(H,23,24). The Morgan fingerprint density at radius 2 is 1.67 bits per heavy atom. The monoisotopic (exact) mass is 364 g/mol. The topological polar surface area (TPSA) is 69.7 Å². The Hall–Kier alpha value is -3.38. The Kier molecular flexibility index (Phi) is 6.38. The van der Waals surface area contributed by atoms with Crippen molar-refractivity contribution in [3.8, 4) is 17.4 Å². The van der Waals surface area contributed by atoms with Crippen LogP contribution in [0.5, 0.6) is 17.4 Å². The highest BCUT2D eigenvalue weighted by molar-refractivity contribution is 6.04. The third-order valence-corrected chi connectivity index (χ3v) is 3.64. The minimum atomic E-state index is -0.258. The molecule has 27 heavy (non-hydrogen) atoms. The lowest BCUT2D eigenvalue weighted by Crippen LogP contribution is -2.14. The average Bonchev–Trinajstić information content (AvgIpc) is 2.71. The maximum Gasteiger partial charge on any atom is 0.255 e. The molecule has 0 saturated heterocycles. The quantitative estimate of drug-likeness (QED) is 0.608. The number of nitrogens with zero attached hydrogens (tertiary/aromatic N) is 1. The van der Waals surface area contributed by atoms with Crippen molar-refractivity contribution in [1.82, 2.24) is 4.98 Å². The zero-order valence-corrected chi connectivity index (χ0v) is 14.9. The van der Waals surface area contributed by atoms with Crippen molar-refractivity contribution < 1.29 is 19.0 Å². The van der Waals surface area contributed by atoms with E-state index in [2.05, 4.69) is 10.3 Å². The van der Waals surface area contributed by atoms with Crippen LogP contribution in [0.15, 0.2) is 72.9 Å². The normalized spacial score (nSPS) is 10.3. The smallest absolute Gasteiger partial charge is 0.255 e. The van der Waals surface area contributed by atoms with Crippen LogP contribution in [0, 0.1) is 0 Å². The van der Waals surface area contributed by atoms with Gasteiger partial charge in [-0.1, -0.05) is 18.2 Å². The van der Waals surface area contributed by atoms with E-state index in [1.54, 1.807) is 49.7 Å². The number of carbonyl (C=O) groups is 1. The van der Waals surface area contributed by atoms with Crippen molar-refractivity contribution in [2.75, 3.05) is 25.6 Å². The van der Waals surface area contributed by atoms with Gasteiger partial charge in [-0.3, -0.25) is 4.79 Å². The van der Waals surface area contributed by atoms with Crippen LogP contribution < -0.4 is 14.8 Å². The van der Waals surface area contributed by atoms with E-state index in [9.17, 15) is 4.79 Å². The van der Waals surface area contributed by atoms with E-state index in [-0.39, 0.29) is 5.91 Å². The number of para-hydroxylation sites is 1. The van der Waals surface area contributed by atoms with Crippen molar-refractivity contribution in [3.63, 3.8) is 0 Å². The first-order valence-corrected chi connectivity index (χ1v) is 8.47. The SMILES string of the molecule is COCCOc1ncccc1NC(=O)c1ccc(Oc2ccccc2)cc1. The molecule has 0 fully saturated rings. The van der Waals surface area contributed by atoms with Gasteiger partial charge in [0.1, 0.15) is 23.8 Å². The van der Waals surface area contributed by atoms with E-state index < -0.39 is 0 Å².